The first kappa shape index (κ1) is 19.4. The predicted octanol–water partition coefficient (Wildman–Crippen LogP) is 3.76. The van der Waals surface area contributed by atoms with Gasteiger partial charge in [-0.2, -0.15) is 9.57 Å². The third kappa shape index (κ3) is 3.69. The highest BCUT2D eigenvalue weighted by molar-refractivity contribution is 7.89. The highest BCUT2D eigenvalue weighted by Crippen LogP contribution is 2.31. The highest BCUT2D eigenvalue weighted by Gasteiger charge is 2.32. The zero-order valence-electron chi connectivity index (χ0n) is 16.2. The maximum Gasteiger partial charge on any atom is 0.243 e. The Hall–Kier alpha value is -2.95. The second kappa shape index (κ2) is 7.82. The number of nitriles is 1. The molecule has 1 aliphatic heterocycles. The fourth-order valence-corrected chi connectivity index (χ4v) is 5.42. The van der Waals surface area contributed by atoms with E-state index >= 15 is 0 Å². The van der Waals surface area contributed by atoms with Crippen molar-refractivity contribution in [2.45, 2.75) is 30.7 Å². The molecule has 0 radical (unpaired) electrons. The molecule has 2 aromatic carbocycles. The van der Waals surface area contributed by atoms with Gasteiger partial charge in [-0.05, 0) is 44.0 Å². The second-order valence-corrected chi connectivity index (χ2v) is 9.19. The summed E-state index contributed by atoms with van der Waals surface area (Å²) in [6, 6.07) is 18.1. The van der Waals surface area contributed by atoms with E-state index in [1.807, 2.05) is 49.5 Å². The normalized spacial score (nSPS) is 17.7. The van der Waals surface area contributed by atoms with Crippen LogP contribution in [0, 0.1) is 18.3 Å². The van der Waals surface area contributed by atoms with Gasteiger partial charge in [0, 0.05) is 36.6 Å². The van der Waals surface area contributed by atoms with Crippen LogP contribution in [-0.2, 0) is 10.0 Å². The molecule has 1 saturated heterocycles. The van der Waals surface area contributed by atoms with Crippen molar-refractivity contribution in [1.29, 1.82) is 5.26 Å². The SMILES string of the molecule is Cc1cnc(-c2ccccc2)n1C1CCCN(S(=O)(=O)c2ccc(C#N)cc2)C1. The van der Waals surface area contributed by atoms with Crippen LogP contribution in [-0.4, -0.2) is 35.4 Å². The lowest BCUT2D eigenvalue weighted by atomic mass is 10.1. The third-order valence-electron chi connectivity index (χ3n) is 5.36. The maximum atomic E-state index is 13.2. The number of piperidine rings is 1. The molecule has 1 fully saturated rings. The van der Waals surface area contributed by atoms with Crippen molar-refractivity contribution < 1.29 is 8.42 Å². The van der Waals surface area contributed by atoms with Crippen LogP contribution >= 0.6 is 0 Å². The lowest BCUT2D eigenvalue weighted by Gasteiger charge is -2.34. The van der Waals surface area contributed by atoms with Gasteiger partial charge in [-0.15, -0.1) is 0 Å². The first-order valence-electron chi connectivity index (χ1n) is 9.60. The molecule has 148 valence electrons. The molecule has 1 unspecified atom stereocenters. The number of imidazole rings is 1. The van der Waals surface area contributed by atoms with Gasteiger partial charge in [-0.1, -0.05) is 30.3 Å². The number of hydrogen-bond acceptors (Lipinski definition) is 4. The summed E-state index contributed by atoms with van der Waals surface area (Å²) in [6.07, 6.45) is 3.53. The molecule has 2 heterocycles. The summed E-state index contributed by atoms with van der Waals surface area (Å²) in [4.78, 5) is 4.81. The van der Waals surface area contributed by atoms with E-state index in [9.17, 15) is 8.42 Å². The third-order valence-corrected chi connectivity index (χ3v) is 7.24. The fraction of sp³-hybridized carbons (Fsp3) is 0.273. The number of nitrogens with zero attached hydrogens (tertiary/aromatic N) is 4. The minimum Gasteiger partial charge on any atom is -0.324 e. The Bertz CT molecular complexity index is 1150. The molecule has 0 aliphatic carbocycles. The predicted molar refractivity (Wildman–Crippen MR) is 111 cm³/mol. The van der Waals surface area contributed by atoms with Crippen molar-refractivity contribution >= 4 is 10.0 Å². The molecule has 4 rings (SSSR count). The minimum atomic E-state index is -3.61. The molecule has 6 nitrogen and oxygen atoms in total. The molecule has 29 heavy (non-hydrogen) atoms. The first-order valence-corrected chi connectivity index (χ1v) is 11.0. The molecular weight excluding hydrogens is 384 g/mol. The monoisotopic (exact) mass is 406 g/mol. The Balaban J connectivity index is 1.64. The zero-order chi connectivity index (χ0) is 20.4. The van der Waals surface area contributed by atoms with Gasteiger partial charge in [0.15, 0.2) is 0 Å². The van der Waals surface area contributed by atoms with Gasteiger partial charge in [0.05, 0.1) is 16.5 Å². The van der Waals surface area contributed by atoms with Gasteiger partial charge in [0.1, 0.15) is 5.82 Å². The Morgan fingerprint density at radius 2 is 1.83 bits per heavy atom. The van der Waals surface area contributed by atoms with Crippen molar-refractivity contribution in [2.24, 2.45) is 0 Å². The van der Waals surface area contributed by atoms with E-state index in [0.29, 0.717) is 18.7 Å². The minimum absolute atomic E-state index is 0.0228. The maximum absolute atomic E-state index is 13.2. The molecular formula is C22H22N4O2S. The van der Waals surface area contributed by atoms with E-state index in [2.05, 4.69) is 9.55 Å². The van der Waals surface area contributed by atoms with Crippen molar-refractivity contribution in [2.75, 3.05) is 13.1 Å². The van der Waals surface area contributed by atoms with Crippen LogP contribution in [0.1, 0.15) is 30.1 Å². The Kier molecular flexibility index (Phi) is 5.22. The van der Waals surface area contributed by atoms with Crippen molar-refractivity contribution in [3.05, 3.63) is 72.1 Å². The van der Waals surface area contributed by atoms with E-state index in [1.165, 1.54) is 12.1 Å². The molecule has 0 saturated carbocycles. The van der Waals surface area contributed by atoms with Crippen LogP contribution < -0.4 is 0 Å². The topological polar surface area (TPSA) is 79.0 Å². The number of hydrogen-bond donors (Lipinski definition) is 0. The lowest BCUT2D eigenvalue weighted by Crippen LogP contribution is -2.41. The smallest absolute Gasteiger partial charge is 0.243 e. The molecule has 0 N–H and O–H groups in total. The zero-order valence-corrected chi connectivity index (χ0v) is 17.0. The Morgan fingerprint density at radius 3 is 2.52 bits per heavy atom. The van der Waals surface area contributed by atoms with Crippen LogP contribution in [0.25, 0.3) is 11.4 Å². The number of rotatable bonds is 4. The van der Waals surface area contributed by atoms with E-state index in [0.717, 1.165) is 29.9 Å². The van der Waals surface area contributed by atoms with Gasteiger partial charge in [-0.3, -0.25) is 0 Å². The summed E-state index contributed by atoms with van der Waals surface area (Å²) in [5.41, 5.74) is 2.49. The van der Waals surface area contributed by atoms with E-state index < -0.39 is 10.0 Å². The first-order chi connectivity index (χ1) is 14.0. The number of benzene rings is 2. The van der Waals surface area contributed by atoms with Gasteiger partial charge in [0.2, 0.25) is 10.0 Å². The molecule has 0 bridgehead atoms. The van der Waals surface area contributed by atoms with Crippen LogP contribution in [0.5, 0.6) is 0 Å². The molecule has 1 atom stereocenters. The number of aryl methyl sites for hydroxylation is 1. The van der Waals surface area contributed by atoms with E-state index in [1.54, 1.807) is 16.4 Å². The van der Waals surface area contributed by atoms with Crippen LogP contribution in [0.2, 0.25) is 0 Å². The average molecular weight is 407 g/mol. The molecule has 0 spiro atoms. The van der Waals surface area contributed by atoms with Crippen LogP contribution in [0.4, 0.5) is 0 Å². The molecule has 1 aliphatic rings. The second-order valence-electron chi connectivity index (χ2n) is 7.25. The Morgan fingerprint density at radius 1 is 1.10 bits per heavy atom. The van der Waals surface area contributed by atoms with Gasteiger partial charge >= 0.3 is 0 Å². The van der Waals surface area contributed by atoms with Gasteiger partial charge in [0.25, 0.3) is 0 Å². The molecule has 3 aromatic rings. The molecule has 1 aromatic heterocycles. The van der Waals surface area contributed by atoms with Crippen molar-refractivity contribution in [3.8, 4) is 17.5 Å². The van der Waals surface area contributed by atoms with Gasteiger partial charge < -0.3 is 4.57 Å². The Labute approximate surface area is 171 Å². The largest absolute Gasteiger partial charge is 0.324 e. The highest BCUT2D eigenvalue weighted by atomic mass is 32.2. The summed E-state index contributed by atoms with van der Waals surface area (Å²) in [5.74, 6) is 0.866. The van der Waals surface area contributed by atoms with E-state index in [4.69, 9.17) is 5.26 Å². The van der Waals surface area contributed by atoms with E-state index in [-0.39, 0.29) is 10.9 Å². The average Bonchev–Trinajstić information content (AvgIpc) is 3.16. The fourth-order valence-electron chi connectivity index (χ4n) is 3.91. The number of aromatic nitrogens is 2. The van der Waals surface area contributed by atoms with Crippen molar-refractivity contribution in [1.82, 2.24) is 13.9 Å². The quantitative estimate of drug-likeness (QED) is 0.661. The number of sulfonamides is 1. The summed E-state index contributed by atoms with van der Waals surface area (Å²) in [5, 5.41) is 8.95. The standard InChI is InChI=1S/C22H22N4O2S/c1-17-15-24-22(19-6-3-2-4-7-19)26(17)20-8-5-13-25(16-20)29(27,28)21-11-9-18(14-23)10-12-21/h2-4,6-7,9-12,15,20H,5,8,13,16H2,1H3. The summed E-state index contributed by atoms with van der Waals surface area (Å²) < 4.78 is 30.0. The lowest BCUT2D eigenvalue weighted by molar-refractivity contribution is 0.266. The van der Waals surface area contributed by atoms with Crippen LogP contribution in [0.15, 0.2) is 65.7 Å². The van der Waals surface area contributed by atoms with Crippen LogP contribution in [0.3, 0.4) is 0 Å². The molecule has 0 amide bonds. The molecule has 7 heteroatoms. The summed E-state index contributed by atoms with van der Waals surface area (Å²) in [6.45, 7) is 2.90. The summed E-state index contributed by atoms with van der Waals surface area (Å²) >= 11 is 0. The van der Waals surface area contributed by atoms with Gasteiger partial charge in [-0.25, -0.2) is 13.4 Å². The summed E-state index contributed by atoms with van der Waals surface area (Å²) in [7, 11) is -3.61. The van der Waals surface area contributed by atoms with Crippen molar-refractivity contribution in [3.63, 3.8) is 0 Å².